The first-order chi connectivity index (χ1) is 12.2. The fraction of sp³-hybridized carbons (Fsp3) is 0.500. The molecule has 1 aromatic carbocycles. The van der Waals surface area contributed by atoms with E-state index in [0.29, 0.717) is 38.0 Å². The number of carboxylic acid groups (broad SMARTS) is 1. The molecule has 0 aromatic heterocycles. The van der Waals surface area contributed by atoms with Crippen LogP contribution in [0.15, 0.2) is 18.2 Å². The molecule has 0 spiro atoms. The average Bonchev–Trinajstić information content (AvgIpc) is 2.79. The number of imide groups is 1. The summed E-state index contributed by atoms with van der Waals surface area (Å²) in [5.74, 6) is -0.753. The highest BCUT2D eigenvalue weighted by Crippen LogP contribution is 2.41. The van der Waals surface area contributed by atoms with E-state index < -0.39 is 29.3 Å². The molecule has 0 bridgehead atoms. The molecular formula is C18H22FN3O4. The molecule has 1 fully saturated rings. The van der Waals surface area contributed by atoms with Crippen molar-refractivity contribution < 1.29 is 23.9 Å². The average molecular weight is 363 g/mol. The van der Waals surface area contributed by atoms with Crippen LogP contribution in [0.1, 0.15) is 32.3 Å². The van der Waals surface area contributed by atoms with Gasteiger partial charge in [-0.25, -0.2) is 18.9 Å². The van der Waals surface area contributed by atoms with Crippen LogP contribution in [0.2, 0.25) is 0 Å². The summed E-state index contributed by atoms with van der Waals surface area (Å²) in [5.41, 5.74) is -0.000252. The number of anilines is 1. The molecule has 8 heteroatoms. The summed E-state index contributed by atoms with van der Waals surface area (Å²) in [7, 11) is 0. The van der Waals surface area contributed by atoms with Gasteiger partial charge in [0.05, 0.1) is 11.1 Å². The third-order valence-electron chi connectivity index (χ3n) is 5.24. The lowest BCUT2D eigenvalue weighted by Gasteiger charge is -2.30. The Labute approximate surface area is 150 Å². The van der Waals surface area contributed by atoms with Gasteiger partial charge in [-0.3, -0.25) is 4.79 Å². The molecular weight excluding hydrogens is 341 g/mol. The van der Waals surface area contributed by atoms with Crippen LogP contribution in [0.5, 0.6) is 0 Å². The van der Waals surface area contributed by atoms with Gasteiger partial charge in [0.2, 0.25) is 5.91 Å². The van der Waals surface area contributed by atoms with E-state index >= 15 is 0 Å². The van der Waals surface area contributed by atoms with Crippen LogP contribution in [-0.4, -0.2) is 47.7 Å². The number of likely N-dealkylation sites (tertiary alicyclic amines) is 1. The highest BCUT2D eigenvalue weighted by Gasteiger charge is 2.46. The van der Waals surface area contributed by atoms with Crippen molar-refractivity contribution >= 4 is 23.7 Å². The number of carbonyl (C=O) groups is 3. The van der Waals surface area contributed by atoms with Crippen LogP contribution in [0.3, 0.4) is 0 Å². The van der Waals surface area contributed by atoms with Crippen molar-refractivity contribution in [2.24, 2.45) is 5.92 Å². The van der Waals surface area contributed by atoms with Crippen LogP contribution in [0.25, 0.3) is 0 Å². The van der Waals surface area contributed by atoms with Crippen LogP contribution in [0.4, 0.5) is 19.7 Å². The highest BCUT2D eigenvalue weighted by atomic mass is 19.1. The smallest absolute Gasteiger partial charge is 0.407 e. The van der Waals surface area contributed by atoms with Crippen molar-refractivity contribution in [2.45, 2.75) is 32.1 Å². The summed E-state index contributed by atoms with van der Waals surface area (Å²) in [4.78, 5) is 38.6. The van der Waals surface area contributed by atoms with Crippen molar-refractivity contribution in [3.63, 3.8) is 0 Å². The third kappa shape index (κ3) is 3.11. The largest absolute Gasteiger partial charge is 0.465 e. The number of urea groups is 1. The summed E-state index contributed by atoms with van der Waals surface area (Å²) in [6.07, 6.45) is 0.366. The van der Waals surface area contributed by atoms with Crippen LogP contribution >= 0.6 is 0 Å². The molecule has 0 unspecified atom stereocenters. The van der Waals surface area contributed by atoms with Crippen molar-refractivity contribution in [2.75, 3.05) is 24.5 Å². The zero-order valence-corrected chi connectivity index (χ0v) is 14.8. The van der Waals surface area contributed by atoms with Gasteiger partial charge in [0.1, 0.15) is 5.82 Å². The Balaban J connectivity index is 1.67. The first kappa shape index (κ1) is 18.2. The van der Waals surface area contributed by atoms with E-state index in [4.69, 9.17) is 5.11 Å². The number of nitrogens with one attached hydrogen (secondary N) is 1. The lowest BCUT2D eigenvalue weighted by molar-refractivity contribution is -0.121. The van der Waals surface area contributed by atoms with E-state index in [9.17, 15) is 18.8 Å². The molecule has 4 amide bonds. The number of rotatable bonds is 2. The molecule has 0 radical (unpaired) electrons. The summed E-state index contributed by atoms with van der Waals surface area (Å²) in [6.45, 7) is 4.63. The zero-order valence-electron chi connectivity index (χ0n) is 14.8. The first-order valence-electron chi connectivity index (χ1n) is 8.62. The molecule has 2 N–H and O–H groups in total. The molecule has 1 aromatic rings. The molecule has 2 aliphatic rings. The number of hydrogen-bond acceptors (Lipinski definition) is 3. The van der Waals surface area contributed by atoms with E-state index in [2.05, 4.69) is 5.32 Å². The Kier molecular flexibility index (Phi) is 4.60. The Morgan fingerprint density at radius 2 is 1.96 bits per heavy atom. The Morgan fingerprint density at radius 3 is 2.58 bits per heavy atom. The van der Waals surface area contributed by atoms with Gasteiger partial charge in [-0.05, 0) is 50.3 Å². The summed E-state index contributed by atoms with van der Waals surface area (Å²) in [6, 6.07) is 3.45. The predicted octanol–water partition coefficient (Wildman–Crippen LogP) is 2.55. The van der Waals surface area contributed by atoms with Gasteiger partial charge in [0.25, 0.3) is 0 Å². The number of hydrogen-bond donors (Lipinski definition) is 2. The Hall–Kier alpha value is -2.64. The third-order valence-corrected chi connectivity index (χ3v) is 5.24. The van der Waals surface area contributed by atoms with Gasteiger partial charge < -0.3 is 15.3 Å². The lowest BCUT2D eigenvalue weighted by Crippen LogP contribution is -2.48. The zero-order chi connectivity index (χ0) is 19.1. The summed E-state index contributed by atoms with van der Waals surface area (Å²) < 4.78 is 13.6. The van der Waals surface area contributed by atoms with E-state index in [1.807, 2.05) is 0 Å². The number of nitrogens with zero attached hydrogens (tertiary/aromatic N) is 2. The van der Waals surface area contributed by atoms with Crippen LogP contribution in [0, 0.1) is 11.7 Å². The van der Waals surface area contributed by atoms with Crippen LogP contribution < -0.4 is 10.2 Å². The van der Waals surface area contributed by atoms with Gasteiger partial charge >= 0.3 is 12.1 Å². The lowest BCUT2D eigenvalue weighted by atomic mass is 9.86. The number of piperidine rings is 1. The molecule has 26 heavy (non-hydrogen) atoms. The molecule has 1 saturated heterocycles. The van der Waals surface area contributed by atoms with Crippen LogP contribution in [-0.2, 0) is 10.2 Å². The van der Waals surface area contributed by atoms with Gasteiger partial charge in [0, 0.05) is 19.6 Å². The number of amides is 4. The maximum Gasteiger partial charge on any atom is 0.407 e. The quantitative estimate of drug-likeness (QED) is 0.845. The first-order valence-corrected chi connectivity index (χ1v) is 8.62. The molecule has 0 aliphatic carbocycles. The fourth-order valence-corrected chi connectivity index (χ4v) is 3.56. The monoisotopic (exact) mass is 363 g/mol. The second-order valence-electron chi connectivity index (χ2n) is 7.33. The maximum absolute atomic E-state index is 13.6. The van der Waals surface area contributed by atoms with Gasteiger partial charge in [-0.2, -0.15) is 0 Å². The van der Waals surface area contributed by atoms with Crippen molar-refractivity contribution in [1.82, 2.24) is 10.2 Å². The van der Waals surface area contributed by atoms with E-state index in [0.717, 1.165) is 4.90 Å². The van der Waals surface area contributed by atoms with Gasteiger partial charge in [-0.1, -0.05) is 6.07 Å². The van der Waals surface area contributed by atoms with Gasteiger partial charge in [0.15, 0.2) is 0 Å². The minimum Gasteiger partial charge on any atom is -0.465 e. The van der Waals surface area contributed by atoms with Crippen molar-refractivity contribution in [1.29, 1.82) is 0 Å². The number of benzene rings is 1. The standard InChI is InChI=1S/C18H22FN3O4/c1-18(2)13-4-3-12(19)9-14(13)22(15(18)23)16(24)20-10-11-5-7-21(8-6-11)17(25)26/h3-4,9,11H,5-8,10H2,1-2H3,(H,20,24)(H,25,26). The van der Waals surface area contributed by atoms with E-state index in [1.165, 1.54) is 23.1 Å². The number of fused-ring (bicyclic) bond motifs is 1. The SMILES string of the molecule is CC1(C)C(=O)N(C(=O)NCC2CCN(C(=O)O)CC2)c2cc(F)ccc21. The van der Waals surface area contributed by atoms with Gasteiger partial charge in [-0.15, -0.1) is 0 Å². The molecule has 0 saturated carbocycles. The minimum atomic E-state index is -0.934. The summed E-state index contributed by atoms with van der Waals surface area (Å²) in [5, 5.41) is 11.7. The fourth-order valence-electron chi connectivity index (χ4n) is 3.56. The topological polar surface area (TPSA) is 90.0 Å². The normalized spacial score (nSPS) is 19.4. The minimum absolute atomic E-state index is 0.146. The number of halogens is 1. The Bertz CT molecular complexity index is 757. The second-order valence-corrected chi connectivity index (χ2v) is 7.33. The van der Waals surface area contributed by atoms with Crippen molar-refractivity contribution in [3.05, 3.63) is 29.6 Å². The maximum atomic E-state index is 13.6. The predicted molar refractivity (Wildman–Crippen MR) is 92.6 cm³/mol. The molecule has 140 valence electrons. The molecule has 0 atom stereocenters. The highest BCUT2D eigenvalue weighted by molar-refractivity contribution is 6.22. The van der Waals surface area contributed by atoms with E-state index in [1.54, 1.807) is 13.8 Å². The molecule has 7 nitrogen and oxygen atoms in total. The molecule has 3 rings (SSSR count). The molecule has 2 heterocycles. The summed E-state index contributed by atoms with van der Waals surface area (Å²) >= 11 is 0. The van der Waals surface area contributed by atoms with E-state index in [-0.39, 0.29) is 11.6 Å². The Morgan fingerprint density at radius 1 is 1.31 bits per heavy atom. The molecule has 2 aliphatic heterocycles. The number of carbonyl (C=O) groups excluding carboxylic acids is 2. The van der Waals surface area contributed by atoms with Crippen molar-refractivity contribution in [3.8, 4) is 0 Å². The second kappa shape index (κ2) is 6.59.